The average molecular weight is 368 g/mol. The Morgan fingerprint density at radius 3 is 2.43 bits per heavy atom. The normalized spacial score (nSPS) is 10.3. The van der Waals surface area contributed by atoms with Crippen molar-refractivity contribution in [1.29, 1.82) is 0 Å². The van der Waals surface area contributed by atoms with Crippen molar-refractivity contribution in [2.75, 3.05) is 17.2 Å². The third-order valence-corrected chi connectivity index (χ3v) is 4.34. The van der Waals surface area contributed by atoms with Crippen molar-refractivity contribution in [1.82, 2.24) is 0 Å². The van der Waals surface area contributed by atoms with Crippen LogP contribution in [0.3, 0.4) is 0 Å². The minimum absolute atomic E-state index is 0.109. The number of anilines is 2. The molecule has 0 saturated carbocycles. The van der Waals surface area contributed by atoms with Crippen LogP contribution in [0.15, 0.2) is 40.9 Å². The van der Waals surface area contributed by atoms with Crippen LogP contribution in [-0.4, -0.2) is 12.5 Å². The van der Waals surface area contributed by atoms with E-state index in [-0.39, 0.29) is 12.5 Å². The van der Waals surface area contributed by atoms with Crippen molar-refractivity contribution in [3.05, 3.63) is 57.0 Å². The molecule has 0 bridgehead atoms. The largest absolute Gasteiger partial charge is 0.376 e. The van der Waals surface area contributed by atoms with Crippen molar-refractivity contribution in [3.63, 3.8) is 0 Å². The molecule has 0 fully saturated rings. The highest BCUT2D eigenvalue weighted by atomic mass is 79.9. The van der Waals surface area contributed by atoms with Gasteiger partial charge in [-0.1, -0.05) is 39.7 Å². The van der Waals surface area contributed by atoms with E-state index in [0.29, 0.717) is 5.02 Å². The molecule has 0 aliphatic rings. The van der Waals surface area contributed by atoms with Gasteiger partial charge in [-0.25, -0.2) is 0 Å². The van der Waals surface area contributed by atoms with Crippen molar-refractivity contribution >= 4 is 44.8 Å². The van der Waals surface area contributed by atoms with Gasteiger partial charge in [-0.2, -0.15) is 0 Å². The number of hydrogen-bond acceptors (Lipinski definition) is 2. The molecule has 0 aliphatic heterocycles. The van der Waals surface area contributed by atoms with Crippen LogP contribution in [0, 0.1) is 13.8 Å². The van der Waals surface area contributed by atoms with Crippen LogP contribution in [0.2, 0.25) is 5.02 Å². The maximum atomic E-state index is 11.9. The quantitative estimate of drug-likeness (QED) is 0.817. The number of nitrogens with one attached hydrogen (secondary N) is 2. The highest BCUT2D eigenvalue weighted by molar-refractivity contribution is 9.10. The number of halogens is 2. The summed E-state index contributed by atoms with van der Waals surface area (Å²) in [6, 6.07) is 11.3. The number of aryl methyl sites for hydroxylation is 2. The molecule has 0 spiro atoms. The third-order valence-electron chi connectivity index (χ3n) is 3.08. The smallest absolute Gasteiger partial charge is 0.243 e. The Balaban J connectivity index is 1.92. The van der Waals surface area contributed by atoms with Crippen molar-refractivity contribution in [2.45, 2.75) is 13.8 Å². The molecular formula is C16H16BrClN2O. The second-order valence-electron chi connectivity index (χ2n) is 4.83. The van der Waals surface area contributed by atoms with Gasteiger partial charge in [-0.15, -0.1) is 0 Å². The van der Waals surface area contributed by atoms with E-state index in [1.165, 1.54) is 0 Å². The van der Waals surface area contributed by atoms with Crippen LogP contribution < -0.4 is 10.6 Å². The SMILES string of the molecule is Cc1ccc(NCC(=O)Nc2ccc(C)c(Br)c2)cc1Cl. The number of amides is 1. The molecule has 0 radical (unpaired) electrons. The van der Waals surface area contributed by atoms with E-state index >= 15 is 0 Å². The lowest BCUT2D eigenvalue weighted by atomic mass is 10.2. The van der Waals surface area contributed by atoms with Crippen molar-refractivity contribution < 1.29 is 4.79 Å². The maximum Gasteiger partial charge on any atom is 0.243 e. The Hall–Kier alpha value is -1.52. The van der Waals surface area contributed by atoms with Gasteiger partial charge in [0.25, 0.3) is 0 Å². The van der Waals surface area contributed by atoms with Gasteiger partial charge >= 0.3 is 0 Å². The van der Waals surface area contributed by atoms with E-state index in [2.05, 4.69) is 26.6 Å². The lowest BCUT2D eigenvalue weighted by molar-refractivity contribution is -0.114. The summed E-state index contributed by atoms with van der Waals surface area (Å²) in [7, 11) is 0. The summed E-state index contributed by atoms with van der Waals surface area (Å²) >= 11 is 9.49. The first-order valence-electron chi connectivity index (χ1n) is 6.52. The zero-order valence-electron chi connectivity index (χ0n) is 11.8. The molecule has 2 aromatic rings. The van der Waals surface area contributed by atoms with E-state index in [9.17, 15) is 4.79 Å². The van der Waals surface area contributed by atoms with Crippen LogP contribution in [0.1, 0.15) is 11.1 Å². The summed E-state index contributed by atoms with van der Waals surface area (Å²) < 4.78 is 0.971. The lowest BCUT2D eigenvalue weighted by Gasteiger charge is -2.09. The van der Waals surface area contributed by atoms with Crippen molar-refractivity contribution in [3.8, 4) is 0 Å². The highest BCUT2D eigenvalue weighted by Crippen LogP contribution is 2.21. The molecule has 21 heavy (non-hydrogen) atoms. The minimum Gasteiger partial charge on any atom is -0.376 e. The van der Waals surface area contributed by atoms with Gasteiger partial charge in [0, 0.05) is 20.9 Å². The second-order valence-corrected chi connectivity index (χ2v) is 6.09. The molecule has 0 unspecified atom stereocenters. The highest BCUT2D eigenvalue weighted by Gasteiger charge is 2.04. The average Bonchev–Trinajstić information content (AvgIpc) is 2.44. The monoisotopic (exact) mass is 366 g/mol. The fourth-order valence-corrected chi connectivity index (χ4v) is 2.32. The number of rotatable bonds is 4. The van der Waals surface area contributed by atoms with Gasteiger partial charge in [-0.05, 0) is 49.2 Å². The summed E-state index contributed by atoms with van der Waals surface area (Å²) in [5.41, 5.74) is 3.73. The first-order chi connectivity index (χ1) is 9.95. The number of carbonyl (C=O) groups excluding carboxylic acids is 1. The van der Waals surface area contributed by atoms with Gasteiger partial charge in [0.05, 0.1) is 6.54 Å². The molecule has 2 aromatic carbocycles. The molecule has 2 N–H and O–H groups in total. The molecule has 0 aliphatic carbocycles. The minimum atomic E-state index is -0.109. The molecular weight excluding hydrogens is 352 g/mol. The van der Waals surface area contributed by atoms with Crippen LogP contribution in [0.25, 0.3) is 0 Å². The Labute approximate surface area is 137 Å². The summed E-state index contributed by atoms with van der Waals surface area (Å²) in [5, 5.41) is 6.58. The zero-order valence-corrected chi connectivity index (χ0v) is 14.2. The van der Waals surface area contributed by atoms with Gasteiger partial charge in [0.2, 0.25) is 5.91 Å². The van der Waals surface area contributed by atoms with Gasteiger partial charge in [0.1, 0.15) is 0 Å². The molecule has 0 atom stereocenters. The molecule has 110 valence electrons. The Bertz CT molecular complexity index is 673. The van der Waals surface area contributed by atoms with E-state index in [0.717, 1.165) is 27.0 Å². The fraction of sp³-hybridized carbons (Fsp3) is 0.188. The summed E-state index contributed by atoms with van der Waals surface area (Å²) in [5.74, 6) is -0.109. The Morgan fingerprint density at radius 2 is 1.76 bits per heavy atom. The van der Waals surface area contributed by atoms with Gasteiger partial charge in [-0.3, -0.25) is 4.79 Å². The molecule has 3 nitrogen and oxygen atoms in total. The zero-order chi connectivity index (χ0) is 15.4. The standard InChI is InChI=1S/C16H16BrClN2O/c1-10-3-6-13(7-14(10)17)20-16(21)9-19-12-5-4-11(2)15(18)8-12/h3-8,19H,9H2,1-2H3,(H,20,21). The Kier molecular flexibility index (Phi) is 5.26. The van der Waals surface area contributed by atoms with E-state index in [1.807, 2.05) is 50.2 Å². The molecule has 2 rings (SSSR count). The van der Waals surface area contributed by atoms with Gasteiger partial charge in [0.15, 0.2) is 0 Å². The number of benzene rings is 2. The first kappa shape index (κ1) is 15.9. The fourth-order valence-electron chi connectivity index (χ4n) is 1.76. The first-order valence-corrected chi connectivity index (χ1v) is 7.69. The third kappa shape index (κ3) is 4.48. The van der Waals surface area contributed by atoms with E-state index in [1.54, 1.807) is 0 Å². The molecule has 0 heterocycles. The lowest BCUT2D eigenvalue weighted by Crippen LogP contribution is -2.21. The number of carbonyl (C=O) groups is 1. The van der Waals surface area contributed by atoms with E-state index in [4.69, 9.17) is 11.6 Å². The van der Waals surface area contributed by atoms with Crippen LogP contribution in [0.4, 0.5) is 11.4 Å². The topological polar surface area (TPSA) is 41.1 Å². The van der Waals surface area contributed by atoms with Crippen molar-refractivity contribution in [2.24, 2.45) is 0 Å². The maximum absolute atomic E-state index is 11.9. The van der Waals surface area contributed by atoms with Crippen LogP contribution >= 0.6 is 27.5 Å². The molecule has 0 saturated heterocycles. The molecule has 5 heteroatoms. The van der Waals surface area contributed by atoms with Crippen LogP contribution in [-0.2, 0) is 4.79 Å². The van der Waals surface area contributed by atoms with Gasteiger partial charge < -0.3 is 10.6 Å². The summed E-state index contributed by atoms with van der Waals surface area (Å²) in [6.45, 7) is 4.12. The molecule has 0 aromatic heterocycles. The Morgan fingerprint density at radius 1 is 1.10 bits per heavy atom. The van der Waals surface area contributed by atoms with E-state index < -0.39 is 0 Å². The van der Waals surface area contributed by atoms with Crippen LogP contribution in [0.5, 0.6) is 0 Å². The predicted octanol–water partition coefficient (Wildman–Crippen LogP) is 4.77. The number of hydrogen-bond donors (Lipinski definition) is 2. The summed E-state index contributed by atoms with van der Waals surface area (Å²) in [4.78, 5) is 11.9. The molecule has 1 amide bonds. The predicted molar refractivity (Wildman–Crippen MR) is 92.2 cm³/mol. The second kappa shape index (κ2) is 6.96. The summed E-state index contributed by atoms with van der Waals surface area (Å²) in [6.07, 6.45) is 0.